The van der Waals surface area contributed by atoms with Crippen LogP contribution in [-0.4, -0.2) is 34.7 Å². The number of H-pyrrole nitrogens is 1. The summed E-state index contributed by atoms with van der Waals surface area (Å²) in [5.74, 6) is 1.13. The van der Waals surface area contributed by atoms with E-state index in [-0.39, 0.29) is 6.10 Å². The summed E-state index contributed by atoms with van der Waals surface area (Å²) >= 11 is 0. The number of hydrogen-bond acceptors (Lipinski definition) is 5. The zero-order chi connectivity index (χ0) is 13.7. The Morgan fingerprint density at radius 2 is 2.11 bits per heavy atom. The number of benzene rings is 1. The first-order valence-corrected chi connectivity index (χ1v) is 6.18. The van der Waals surface area contributed by atoms with Crippen LogP contribution in [0.1, 0.15) is 13.8 Å². The molecule has 0 atom stereocenters. The van der Waals surface area contributed by atoms with Crippen LogP contribution in [0.25, 0.3) is 11.3 Å². The van der Waals surface area contributed by atoms with E-state index in [9.17, 15) is 0 Å². The minimum atomic E-state index is 0.213. The van der Waals surface area contributed by atoms with Crippen LogP contribution in [0.3, 0.4) is 0 Å². The van der Waals surface area contributed by atoms with Crippen LogP contribution < -0.4 is 10.5 Å². The molecule has 1 aromatic carbocycles. The van der Waals surface area contributed by atoms with Crippen molar-refractivity contribution < 1.29 is 9.47 Å². The lowest BCUT2D eigenvalue weighted by atomic mass is 10.1. The molecule has 0 bridgehead atoms. The Labute approximate surface area is 111 Å². The van der Waals surface area contributed by atoms with Gasteiger partial charge in [-0.1, -0.05) is 12.1 Å². The second kappa shape index (κ2) is 6.19. The van der Waals surface area contributed by atoms with Gasteiger partial charge in [0.05, 0.1) is 12.7 Å². The number of ether oxygens (including phenoxy) is 2. The van der Waals surface area contributed by atoms with Gasteiger partial charge in [-0.25, -0.2) is 0 Å². The zero-order valence-electron chi connectivity index (χ0n) is 11.1. The van der Waals surface area contributed by atoms with Gasteiger partial charge in [-0.3, -0.25) is 0 Å². The Morgan fingerprint density at radius 3 is 2.79 bits per heavy atom. The van der Waals surface area contributed by atoms with Crippen molar-refractivity contribution >= 4 is 5.82 Å². The number of nitrogen functional groups attached to an aromatic ring is 1. The lowest BCUT2D eigenvalue weighted by Crippen LogP contribution is -2.11. The normalized spacial score (nSPS) is 10.9. The highest BCUT2D eigenvalue weighted by atomic mass is 16.5. The molecule has 1 heterocycles. The van der Waals surface area contributed by atoms with Gasteiger partial charge in [-0.2, -0.15) is 10.3 Å². The van der Waals surface area contributed by atoms with Gasteiger partial charge in [0.15, 0.2) is 5.82 Å². The Bertz CT molecular complexity index is 525. The van der Waals surface area contributed by atoms with Crippen molar-refractivity contribution in [2.24, 2.45) is 0 Å². The smallest absolute Gasteiger partial charge is 0.173 e. The van der Waals surface area contributed by atoms with Gasteiger partial charge < -0.3 is 15.2 Å². The van der Waals surface area contributed by atoms with E-state index < -0.39 is 0 Å². The molecule has 0 saturated carbocycles. The number of nitrogens with zero attached hydrogens (tertiary/aromatic N) is 2. The predicted octanol–water partition coefficient (Wildman–Crippen LogP) is 1.86. The molecule has 6 nitrogen and oxygen atoms in total. The van der Waals surface area contributed by atoms with Crippen LogP contribution in [0.2, 0.25) is 0 Å². The van der Waals surface area contributed by atoms with Crippen molar-refractivity contribution in [2.75, 3.05) is 18.9 Å². The first-order chi connectivity index (χ1) is 9.16. The van der Waals surface area contributed by atoms with Gasteiger partial charge in [-0.15, -0.1) is 5.10 Å². The van der Waals surface area contributed by atoms with E-state index in [1.165, 1.54) is 0 Å². The molecule has 2 rings (SSSR count). The van der Waals surface area contributed by atoms with Crippen LogP contribution in [-0.2, 0) is 4.74 Å². The molecule has 6 heteroatoms. The average Bonchev–Trinajstić information content (AvgIpc) is 2.81. The molecule has 102 valence electrons. The molecule has 0 saturated heterocycles. The first kappa shape index (κ1) is 13.4. The highest BCUT2D eigenvalue weighted by molar-refractivity contribution is 5.70. The molecule has 0 aliphatic heterocycles. The fraction of sp³-hybridized carbons (Fsp3) is 0.385. The Morgan fingerprint density at radius 1 is 1.26 bits per heavy atom. The maximum absolute atomic E-state index is 5.71. The summed E-state index contributed by atoms with van der Waals surface area (Å²) < 4.78 is 11.0. The Kier molecular flexibility index (Phi) is 4.35. The maximum Gasteiger partial charge on any atom is 0.173 e. The summed E-state index contributed by atoms with van der Waals surface area (Å²) in [6, 6.07) is 7.56. The summed E-state index contributed by atoms with van der Waals surface area (Å²) in [4.78, 5) is 0. The molecular formula is C13H18N4O2. The van der Waals surface area contributed by atoms with E-state index in [1.54, 1.807) is 0 Å². The van der Waals surface area contributed by atoms with Crippen LogP contribution in [0.4, 0.5) is 5.82 Å². The summed E-state index contributed by atoms with van der Waals surface area (Å²) in [5, 5.41) is 10.3. The van der Waals surface area contributed by atoms with Crippen LogP contribution in [0, 0.1) is 0 Å². The zero-order valence-corrected chi connectivity index (χ0v) is 11.1. The van der Waals surface area contributed by atoms with Gasteiger partial charge in [-0.05, 0) is 26.0 Å². The second-order valence-electron chi connectivity index (χ2n) is 4.35. The minimum absolute atomic E-state index is 0.213. The van der Waals surface area contributed by atoms with Gasteiger partial charge in [0.1, 0.15) is 18.1 Å². The number of nitrogens with one attached hydrogen (secondary N) is 1. The molecule has 0 fully saturated rings. The van der Waals surface area contributed by atoms with Crippen LogP contribution >= 0.6 is 0 Å². The molecule has 1 aromatic heterocycles. The molecule has 0 aliphatic rings. The molecule has 0 amide bonds. The fourth-order valence-corrected chi connectivity index (χ4v) is 1.63. The van der Waals surface area contributed by atoms with Crippen molar-refractivity contribution in [3.63, 3.8) is 0 Å². The summed E-state index contributed by atoms with van der Waals surface area (Å²) in [6.07, 6.45) is 0.213. The summed E-state index contributed by atoms with van der Waals surface area (Å²) in [6.45, 7) is 5.06. The average molecular weight is 262 g/mol. The maximum atomic E-state index is 5.71. The van der Waals surface area contributed by atoms with Crippen molar-refractivity contribution in [3.8, 4) is 17.0 Å². The fourth-order valence-electron chi connectivity index (χ4n) is 1.63. The quantitative estimate of drug-likeness (QED) is 0.776. The van der Waals surface area contributed by atoms with E-state index in [4.69, 9.17) is 15.2 Å². The summed E-state index contributed by atoms with van der Waals surface area (Å²) in [5.41, 5.74) is 7.21. The first-order valence-electron chi connectivity index (χ1n) is 6.18. The van der Waals surface area contributed by atoms with E-state index in [1.807, 2.05) is 38.1 Å². The number of nitrogens with two attached hydrogens (primary N) is 1. The lowest BCUT2D eigenvalue weighted by Gasteiger charge is -2.09. The van der Waals surface area contributed by atoms with Crippen molar-refractivity contribution in [3.05, 3.63) is 24.3 Å². The monoisotopic (exact) mass is 262 g/mol. The molecule has 0 radical (unpaired) electrons. The molecule has 0 unspecified atom stereocenters. The third-order valence-corrected chi connectivity index (χ3v) is 2.49. The second-order valence-corrected chi connectivity index (χ2v) is 4.35. The van der Waals surface area contributed by atoms with Crippen LogP contribution in [0.15, 0.2) is 24.3 Å². The van der Waals surface area contributed by atoms with Crippen molar-refractivity contribution in [2.45, 2.75) is 20.0 Å². The van der Waals surface area contributed by atoms with Gasteiger partial charge in [0.25, 0.3) is 0 Å². The van der Waals surface area contributed by atoms with Gasteiger partial charge in [0, 0.05) is 5.56 Å². The van der Waals surface area contributed by atoms with E-state index in [0.29, 0.717) is 24.7 Å². The molecule has 19 heavy (non-hydrogen) atoms. The number of anilines is 1. The van der Waals surface area contributed by atoms with Crippen LogP contribution in [0.5, 0.6) is 5.75 Å². The van der Waals surface area contributed by atoms with Crippen molar-refractivity contribution in [1.82, 2.24) is 15.4 Å². The highest BCUT2D eigenvalue weighted by Crippen LogP contribution is 2.24. The number of hydrogen-bond donors (Lipinski definition) is 2. The number of rotatable bonds is 6. The third-order valence-electron chi connectivity index (χ3n) is 2.49. The molecule has 0 aliphatic carbocycles. The molecule has 3 N–H and O–H groups in total. The Hall–Kier alpha value is -2.08. The number of aromatic amines is 1. The molecule has 0 spiro atoms. The largest absolute Gasteiger partial charge is 0.491 e. The predicted molar refractivity (Wildman–Crippen MR) is 72.8 cm³/mol. The standard InChI is InChI=1S/C13H18N4O2/c1-9(2)18-6-7-19-11-5-3-4-10(8-11)12-13(14)16-17-15-12/h3-5,8-9H,6-7H2,1-2H3,(H3,14,15,16,17). The van der Waals surface area contributed by atoms with Crippen molar-refractivity contribution in [1.29, 1.82) is 0 Å². The van der Waals surface area contributed by atoms with E-state index >= 15 is 0 Å². The topological polar surface area (TPSA) is 86.0 Å². The SMILES string of the molecule is CC(C)OCCOc1cccc(-c2n[nH]nc2N)c1. The Balaban J connectivity index is 1.98. The van der Waals surface area contributed by atoms with E-state index in [2.05, 4.69) is 15.4 Å². The minimum Gasteiger partial charge on any atom is -0.491 e. The summed E-state index contributed by atoms with van der Waals surface area (Å²) in [7, 11) is 0. The van der Waals surface area contributed by atoms with Gasteiger partial charge in [0.2, 0.25) is 0 Å². The lowest BCUT2D eigenvalue weighted by molar-refractivity contribution is 0.0553. The van der Waals surface area contributed by atoms with E-state index in [0.717, 1.165) is 11.3 Å². The van der Waals surface area contributed by atoms with Gasteiger partial charge >= 0.3 is 0 Å². The highest BCUT2D eigenvalue weighted by Gasteiger charge is 2.07. The molecule has 2 aromatic rings. The third kappa shape index (κ3) is 3.69. The molecular weight excluding hydrogens is 244 g/mol. The number of aromatic nitrogens is 3.